The Morgan fingerprint density at radius 1 is 0.870 bits per heavy atom. The van der Waals surface area contributed by atoms with Crippen LogP contribution in [0.15, 0.2) is 25.4 Å². The molecule has 0 N–H and O–H groups in total. The van der Waals surface area contributed by atoms with Crippen molar-refractivity contribution < 1.29 is 4.74 Å². The molecule has 0 amide bonds. The standard InChI is InChI=1S/C14H12OS8/c1-2-3-15-6-8-7-18-11-12(19-8)23-14(22-11)13-20-9-10(21-13)17-5-4-16-9/h1,8H,3-7H2. The van der Waals surface area contributed by atoms with Gasteiger partial charge < -0.3 is 4.74 Å². The molecular weight excluding hydrogens is 441 g/mol. The third kappa shape index (κ3) is 4.28. The Labute approximate surface area is 170 Å². The molecule has 1 nitrogen and oxygen atoms in total. The second-order valence-corrected chi connectivity index (χ2v) is 14.8. The van der Waals surface area contributed by atoms with E-state index in [1.807, 2.05) is 94.1 Å². The normalized spacial score (nSPS) is 27.3. The summed E-state index contributed by atoms with van der Waals surface area (Å²) in [5.74, 6) is 6.16. The third-order valence-corrected chi connectivity index (χ3v) is 15.3. The molecule has 4 heterocycles. The van der Waals surface area contributed by atoms with Crippen LogP contribution in [0.4, 0.5) is 0 Å². The lowest BCUT2D eigenvalue weighted by Gasteiger charge is -2.20. The number of ether oxygens (including phenoxy) is 1. The van der Waals surface area contributed by atoms with Gasteiger partial charge in [0.05, 0.1) is 32.0 Å². The summed E-state index contributed by atoms with van der Waals surface area (Å²) in [7, 11) is 0. The molecule has 122 valence electrons. The molecule has 0 aromatic heterocycles. The zero-order valence-corrected chi connectivity index (χ0v) is 18.4. The van der Waals surface area contributed by atoms with Crippen molar-refractivity contribution >= 4 is 94.1 Å². The lowest BCUT2D eigenvalue weighted by atomic mass is 10.5. The van der Waals surface area contributed by atoms with E-state index in [-0.39, 0.29) is 0 Å². The predicted octanol–water partition coefficient (Wildman–Crippen LogP) is 6.30. The number of rotatable bonds is 3. The van der Waals surface area contributed by atoms with E-state index in [4.69, 9.17) is 11.2 Å². The van der Waals surface area contributed by atoms with Gasteiger partial charge in [0.15, 0.2) is 0 Å². The first kappa shape index (κ1) is 17.9. The molecule has 0 fully saturated rings. The minimum atomic E-state index is 0.421. The highest BCUT2D eigenvalue weighted by atomic mass is 32.3. The fraction of sp³-hybridized carbons (Fsp3) is 0.429. The maximum atomic E-state index is 5.52. The van der Waals surface area contributed by atoms with Crippen LogP contribution in [0.25, 0.3) is 0 Å². The zero-order valence-electron chi connectivity index (χ0n) is 11.9. The molecule has 0 bridgehead atoms. The summed E-state index contributed by atoms with van der Waals surface area (Å²) in [6, 6.07) is 0. The summed E-state index contributed by atoms with van der Waals surface area (Å²) < 4.78 is 14.5. The number of hydrogen-bond acceptors (Lipinski definition) is 9. The summed E-state index contributed by atoms with van der Waals surface area (Å²) in [5.41, 5.74) is 0. The predicted molar refractivity (Wildman–Crippen MR) is 120 cm³/mol. The molecule has 0 aromatic rings. The van der Waals surface area contributed by atoms with E-state index < -0.39 is 0 Å². The largest absolute Gasteiger partial charge is 0.368 e. The molecule has 0 spiro atoms. The molecule has 1 atom stereocenters. The molecule has 0 aromatic carbocycles. The Morgan fingerprint density at radius 2 is 1.48 bits per heavy atom. The lowest BCUT2D eigenvalue weighted by molar-refractivity contribution is 0.172. The van der Waals surface area contributed by atoms with Crippen LogP contribution < -0.4 is 0 Å². The molecule has 4 aliphatic heterocycles. The fourth-order valence-corrected chi connectivity index (χ4v) is 14.5. The Balaban J connectivity index is 1.38. The summed E-state index contributed by atoms with van der Waals surface area (Å²) >= 11 is 15.9. The number of terminal acetylenes is 1. The summed E-state index contributed by atoms with van der Waals surface area (Å²) in [6.07, 6.45) is 5.25. The molecule has 0 saturated heterocycles. The monoisotopic (exact) mass is 452 g/mol. The van der Waals surface area contributed by atoms with Gasteiger partial charge in [0.2, 0.25) is 0 Å². The van der Waals surface area contributed by atoms with Crippen molar-refractivity contribution in [1.82, 2.24) is 0 Å². The average molecular weight is 453 g/mol. The minimum Gasteiger partial charge on any atom is -0.368 e. The zero-order chi connectivity index (χ0) is 15.6. The SMILES string of the molecule is C#CCOCC1CSC2=C(SC(=C3SC4=C(SCCS4)S3)S2)S1. The van der Waals surface area contributed by atoms with Crippen LogP contribution in [0.3, 0.4) is 0 Å². The molecule has 0 aliphatic carbocycles. The lowest BCUT2D eigenvalue weighted by Crippen LogP contribution is -2.17. The van der Waals surface area contributed by atoms with Gasteiger partial charge in [-0.15, -0.1) is 53.5 Å². The van der Waals surface area contributed by atoms with Crippen molar-refractivity contribution in [3.63, 3.8) is 0 Å². The Hall–Kier alpha value is 1.54. The molecule has 4 rings (SSSR count). The van der Waals surface area contributed by atoms with Gasteiger partial charge in [-0.25, -0.2) is 0 Å². The topological polar surface area (TPSA) is 9.23 Å². The minimum absolute atomic E-state index is 0.421. The molecular formula is C14H12OS8. The van der Waals surface area contributed by atoms with E-state index in [0.717, 1.165) is 12.4 Å². The van der Waals surface area contributed by atoms with Crippen LogP contribution in [-0.4, -0.2) is 35.7 Å². The highest BCUT2D eigenvalue weighted by Gasteiger charge is 2.34. The summed E-state index contributed by atoms with van der Waals surface area (Å²) in [5, 5.41) is 0.519. The van der Waals surface area contributed by atoms with Crippen molar-refractivity contribution in [3.05, 3.63) is 25.4 Å². The van der Waals surface area contributed by atoms with Crippen molar-refractivity contribution in [2.24, 2.45) is 0 Å². The van der Waals surface area contributed by atoms with Gasteiger partial charge in [0.1, 0.15) is 6.61 Å². The smallest absolute Gasteiger partial charge is 0.107 e. The van der Waals surface area contributed by atoms with E-state index in [0.29, 0.717) is 11.9 Å². The highest BCUT2D eigenvalue weighted by molar-refractivity contribution is 8.45. The Morgan fingerprint density at radius 3 is 2.13 bits per heavy atom. The summed E-state index contributed by atoms with van der Waals surface area (Å²) in [6.45, 7) is 1.17. The highest BCUT2D eigenvalue weighted by Crippen LogP contribution is 2.68. The maximum Gasteiger partial charge on any atom is 0.107 e. The van der Waals surface area contributed by atoms with Crippen LogP contribution >= 0.6 is 94.1 Å². The third-order valence-electron chi connectivity index (χ3n) is 2.95. The van der Waals surface area contributed by atoms with Gasteiger partial charge >= 0.3 is 0 Å². The van der Waals surface area contributed by atoms with E-state index >= 15 is 0 Å². The second kappa shape index (κ2) is 8.49. The van der Waals surface area contributed by atoms with Crippen molar-refractivity contribution in [2.45, 2.75) is 5.25 Å². The van der Waals surface area contributed by atoms with Crippen LogP contribution in [-0.2, 0) is 4.74 Å². The first-order valence-corrected chi connectivity index (χ1v) is 13.9. The van der Waals surface area contributed by atoms with Crippen molar-refractivity contribution in [3.8, 4) is 12.3 Å². The van der Waals surface area contributed by atoms with Gasteiger partial charge in [-0.2, -0.15) is 0 Å². The Kier molecular flexibility index (Phi) is 6.62. The van der Waals surface area contributed by atoms with Crippen LogP contribution in [0.5, 0.6) is 0 Å². The molecule has 1 unspecified atom stereocenters. The van der Waals surface area contributed by atoms with E-state index in [2.05, 4.69) is 5.92 Å². The van der Waals surface area contributed by atoms with E-state index in [1.165, 1.54) is 36.9 Å². The molecule has 23 heavy (non-hydrogen) atoms. The van der Waals surface area contributed by atoms with Crippen LogP contribution in [0, 0.1) is 12.3 Å². The van der Waals surface area contributed by atoms with Crippen molar-refractivity contribution in [1.29, 1.82) is 0 Å². The van der Waals surface area contributed by atoms with Gasteiger partial charge in [-0.1, -0.05) is 53.0 Å². The maximum absolute atomic E-state index is 5.52. The fourth-order valence-electron chi connectivity index (χ4n) is 2.00. The van der Waals surface area contributed by atoms with Gasteiger partial charge in [-0.05, 0) is 0 Å². The van der Waals surface area contributed by atoms with Crippen LogP contribution in [0.1, 0.15) is 0 Å². The molecule has 0 radical (unpaired) electrons. The summed E-state index contributed by atoms with van der Waals surface area (Å²) in [4.78, 5) is 0. The molecule has 4 aliphatic rings. The molecule has 0 saturated carbocycles. The van der Waals surface area contributed by atoms with E-state index in [1.54, 1.807) is 0 Å². The number of thioether (sulfide) groups is 8. The van der Waals surface area contributed by atoms with Gasteiger partial charge in [-0.3, -0.25) is 0 Å². The quantitative estimate of drug-likeness (QED) is 0.357. The average Bonchev–Trinajstić information content (AvgIpc) is 3.18. The first-order valence-electron chi connectivity index (χ1n) is 6.84. The Bertz CT molecular complexity index is 624. The molecule has 9 heteroatoms. The number of hydrogen-bond donors (Lipinski definition) is 0. The van der Waals surface area contributed by atoms with Crippen molar-refractivity contribution in [2.75, 3.05) is 30.5 Å². The first-order chi connectivity index (χ1) is 11.3. The van der Waals surface area contributed by atoms with Gasteiger partial charge in [0, 0.05) is 22.5 Å². The van der Waals surface area contributed by atoms with Crippen LogP contribution in [0.2, 0.25) is 0 Å². The van der Waals surface area contributed by atoms with E-state index in [9.17, 15) is 0 Å². The van der Waals surface area contributed by atoms with Gasteiger partial charge in [0.25, 0.3) is 0 Å². The second-order valence-electron chi connectivity index (χ2n) is 4.60.